The molecule has 0 spiro atoms. The highest BCUT2D eigenvalue weighted by molar-refractivity contribution is 5.78. The third-order valence-corrected chi connectivity index (χ3v) is 5.84. The van der Waals surface area contributed by atoms with Gasteiger partial charge in [-0.25, -0.2) is 4.98 Å². The number of rotatable bonds is 4. The Bertz CT molecular complexity index is 873. The molecule has 2 aromatic rings. The molecule has 1 amide bonds. The molecule has 1 fully saturated rings. The van der Waals surface area contributed by atoms with E-state index in [2.05, 4.69) is 14.9 Å². The Labute approximate surface area is 164 Å². The van der Waals surface area contributed by atoms with Crippen LogP contribution in [0.1, 0.15) is 31.5 Å². The first-order valence-corrected chi connectivity index (χ1v) is 10.1. The van der Waals surface area contributed by atoms with Gasteiger partial charge in [-0.1, -0.05) is 12.8 Å². The number of hydrogen-bond acceptors (Lipinski definition) is 5. The first-order valence-electron chi connectivity index (χ1n) is 10.1. The second kappa shape index (κ2) is 7.47. The van der Waals surface area contributed by atoms with Crippen molar-refractivity contribution in [2.24, 2.45) is 5.92 Å². The van der Waals surface area contributed by atoms with Crippen molar-refractivity contribution in [3.8, 4) is 22.8 Å². The molecule has 1 saturated carbocycles. The number of carbonyl (C=O) groups is 1. The lowest BCUT2D eigenvalue weighted by molar-refractivity contribution is -0.125. The zero-order valence-corrected chi connectivity index (χ0v) is 15.9. The highest BCUT2D eigenvalue weighted by Crippen LogP contribution is 2.35. The van der Waals surface area contributed by atoms with Crippen LogP contribution in [0.2, 0.25) is 0 Å². The van der Waals surface area contributed by atoms with E-state index in [9.17, 15) is 4.79 Å². The van der Waals surface area contributed by atoms with Gasteiger partial charge in [-0.2, -0.15) is 0 Å². The Balaban J connectivity index is 1.29. The highest BCUT2D eigenvalue weighted by Gasteiger charge is 2.26. The molecule has 1 aromatic heterocycles. The standard InChI is InChI=1S/C21H25N3O4/c25-21(14-3-1-2-4-14)23-10-16-12-24-17(11-22-20(24)13-28-16)15-5-6-18-19(9-15)27-8-7-26-18/h5-6,9,11,14,16H,1-4,7-8,10,12-13H2,(H,23,25)/t16-/m0/s1. The molecular weight excluding hydrogens is 358 g/mol. The van der Waals surface area contributed by atoms with E-state index in [1.54, 1.807) is 0 Å². The molecule has 5 rings (SSSR count). The molecule has 1 aromatic carbocycles. The number of ether oxygens (including phenoxy) is 3. The smallest absolute Gasteiger partial charge is 0.223 e. The summed E-state index contributed by atoms with van der Waals surface area (Å²) in [5.74, 6) is 2.81. The SMILES string of the molecule is O=C(NC[C@H]1Cn2c(-c3ccc4c(c3)OCCO4)cnc2CO1)C1CCCC1. The summed E-state index contributed by atoms with van der Waals surface area (Å²) in [4.78, 5) is 16.8. The maximum absolute atomic E-state index is 12.3. The summed E-state index contributed by atoms with van der Waals surface area (Å²) in [5.41, 5.74) is 2.07. The van der Waals surface area contributed by atoms with Crippen molar-refractivity contribution < 1.29 is 19.0 Å². The molecule has 0 saturated heterocycles. The van der Waals surface area contributed by atoms with E-state index in [0.29, 0.717) is 32.9 Å². The largest absolute Gasteiger partial charge is 0.486 e. The summed E-state index contributed by atoms with van der Waals surface area (Å²) >= 11 is 0. The molecule has 148 valence electrons. The van der Waals surface area contributed by atoms with Crippen LogP contribution >= 0.6 is 0 Å². The Morgan fingerprint density at radius 1 is 1.18 bits per heavy atom. The van der Waals surface area contributed by atoms with Crippen LogP contribution in [-0.4, -0.2) is 41.3 Å². The number of nitrogens with one attached hydrogen (secondary N) is 1. The fourth-order valence-corrected chi connectivity index (χ4v) is 4.29. The predicted molar refractivity (Wildman–Crippen MR) is 102 cm³/mol. The van der Waals surface area contributed by atoms with Gasteiger partial charge >= 0.3 is 0 Å². The van der Waals surface area contributed by atoms with Gasteiger partial charge in [0.25, 0.3) is 0 Å². The highest BCUT2D eigenvalue weighted by atomic mass is 16.6. The van der Waals surface area contributed by atoms with E-state index in [1.165, 1.54) is 0 Å². The van der Waals surface area contributed by atoms with Gasteiger partial charge in [0.15, 0.2) is 11.5 Å². The lowest BCUT2D eigenvalue weighted by atomic mass is 10.1. The molecule has 1 N–H and O–H groups in total. The number of carbonyl (C=O) groups excluding carboxylic acids is 1. The maximum atomic E-state index is 12.3. The van der Waals surface area contributed by atoms with E-state index in [1.807, 2.05) is 24.4 Å². The number of aromatic nitrogens is 2. The van der Waals surface area contributed by atoms with Gasteiger partial charge in [0.05, 0.1) is 24.5 Å². The minimum Gasteiger partial charge on any atom is -0.486 e. The predicted octanol–water partition coefficient (Wildman–Crippen LogP) is 2.53. The van der Waals surface area contributed by atoms with Crippen molar-refractivity contribution in [3.63, 3.8) is 0 Å². The number of imidazole rings is 1. The third-order valence-electron chi connectivity index (χ3n) is 5.84. The van der Waals surface area contributed by atoms with Crippen LogP contribution in [0.3, 0.4) is 0 Å². The van der Waals surface area contributed by atoms with Crippen molar-refractivity contribution in [2.45, 2.75) is 44.9 Å². The second-order valence-electron chi connectivity index (χ2n) is 7.69. The van der Waals surface area contributed by atoms with Crippen molar-refractivity contribution >= 4 is 5.91 Å². The summed E-state index contributed by atoms with van der Waals surface area (Å²) < 4.78 is 19.4. The van der Waals surface area contributed by atoms with Crippen molar-refractivity contribution in [2.75, 3.05) is 19.8 Å². The molecular formula is C21H25N3O4. The van der Waals surface area contributed by atoms with E-state index in [-0.39, 0.29) is 17.9 Å². The number of amides is 1. The minimum atomic E-state index is -0.0528. The maximum Gasteiger partial charge on any atom is 0.223 e. The van der Waals surface area contributed by atoms with Crippen LogP contribution in [-0.2, 0) is 22.7 Å². The molecule has 7 nitrogen and oxygen atoms in total. The number of benzene rings is 1. The summed E-state index contributed by atoms with van der Waals surface area (Å²) in [6.45, 7) is 2.81. The van der Waals surface area contributed by atoms with Gasteiger partial charge < -0.3 is 24.1 Å². The van der Waals surface area contributed by atoms with Crippen molar-refractivity contribution in [3.05, 3.63) is 30.2 Å². The van der Waals surface area contributed by atoms with Crippen LogP contribution in [0.4, 0.5) is 0 Å². The Hall–Kier alpha value is -2.54. The van der Waals surface area contributed by atoms with Gasteiger partial charge in [-0.15, -0.1) is 0 Å². The average molecular weight is 383 g/mol. The van der Waals surface area contributed by atoms with Crippen LogP contribution in [0.15, 0.2) is 24.4 Å². The lowest BCUT2D eigenvalue weighted by Gasteiger charge is -2.27. The zero-order valence-electron chi connectivity index (χ0n) is 15.9. The topological polar surface area (TPSA) is 74.6 Å². The molecule has 3 heterocycles. The quantitative estimate of drug-likeness (QED) is 0.878. The number of nitrogens with zero attached hydrogens (tertiary/aromatic N) is 2. The monoisotopic (exact) mass is 383 g/mol. The van der Waals surface area contributed by atoms with Gasteiger partial charge in [0, 0.05) is 18.0 Å². The van der Waals surface area contributed by atoms with Gasteiger partial charge in [0.2, 0.25) is 5.91 Å². The number of fused-ring (bicyclic) bond motifs is 2. The van der Waals surface area contributed by atoms with Crippen LogP contribution < -0.4 is 14.8 Å². The summed E-state index contributed by atoms with van der Waals surface area (Å²) in [6.07, 6.45) is 6.17. The molecule has 3 aliphatic rings. The summed E-state index contributed by atoms with van der Waals surface area (Å²) in [7, 11) is 0. The van der Waals surface area contributed by atoms with E-state index in [0.717, 1.165) is 54.3 Å². The Morgan fingerprint density at radius 2 is 2.00 bits per heavy atom. The van der Waals surface area contributed by atoms with Crippen molar-refractivity contribution in [1.29, 1.82) is 0 Å². The van der Waals surface area contributed by atoms with E-state index >= 15 is 0 Å². The Kier molecular flexibility index (Phi) is 4.68. The molecule has 2 aliphatic heterocycles. The van der Waals surface area contributed by atoms with Gasteiger partial charge in [-0.05, 0) is 31.0 Å². The van der Waals surface area contributed by atoms with Crippen LogP contribution in [0.5, 0.6) is 11.5 Å². The molecule has 1 atom stereocenters. The fraction of sp³-hybridized carbons (Fsp3) is 0.524. The summed E-state index contributed by atoms with van der Waals surface area (Å²) in [6, 6.07) is 5.98. The second-order valence-corrected chi connectivity index (χ2v) is 7.69. The fourth-order valence-electron chi connectivity index (χ4n) is 4.29. The normalized spacial score (nSPS) is 21.4. The van der Waals surface area contributed by atoms with E-state index < -0.39 is 0 Å². The molecule has 7 heteroatoms. The summed E-state index contributed by atoms with van der Waals surface area (Å²) in [5, 5.41) is 3.08. The molecule has 1 aliphatic carbocycles. The minimum absolute atomic E-state index is 0.0528. The van der Waals surface area contributed by atoms with Crippen molar-refractivity contribution in [1.82, 2.24) is 14.9 Å². The molecule has 0 radical (unpaired) electrons. The average Bonchev–Trinajstić information content (AvgIpc) is 3.41. The van der Waals surface area contributed by atoms with Crippen LogP contribution in [0, 0.1) is 5.92 Å². The zero-order chi connectivity index (χ0) is 18.9. The number of hydrogen-bond donors (Lipinski definition) is 1. The van der Waals surface area contributed by atoms with Crippen LogP contribution in [0.25, 0.3) is 11.3 Å². The Morgan fingerprint density at radius 3 is 2.86 bits per heavy atom. The third kappa shape index (κ3) is 3.35. The van der Waals surface area contributed by atoms with E-state index in [4.69, 9.17) is 14.2 Å². The first-order chi connectivity index (χ1) is 13.8. The lowest BCUT2D eigenvalue weighted by Crippen LogP contribution is -2.40. The first kappa shape index (κ1) is 17.6. The molecule has 0 bridgehead atoms. The molecule has 0 unspecified atom stereocenters. The molecule has 28 heavy (non-hydrogen) atoms. The van der Waals surface area contributed by atoms with Gasteiger partial charge in [-0.3, -0.25) is 4.79 Å². The van der Waals surface area contributed by atoms with Gasteiger partial charge in [0.1, 0.15) is 25.6 Å².